The van der Waals surface area contributed by atoms with E-state index in [1.807, 2.05) is 0 Å². The van der Waals surface area contributed by atoms with Crippen molar-refractivity contribution in [3.8, 4) is 11.5 Å². The molecule has 0 unspecified atom stereocenters. The van der Waals surface area contributed by atoms with E-state index < -0.39 is 12.0 Å². The number of aromatic hydroxyl groups is 2. The summed E-state index contributed by atoms with van der Waals surface area (Å²) in [5.74, 6) is -0.860. The summed E-state index contributed by atoms with van der Waals surface area (Å²) in [7, 11) is 0. The Morgan fingerprint density at radius 2 is 1.68 bits per heavy atom. The summed E-state index contributed by atoms with van der Waals surface area (Å²) in [5, 5.41) is 23.4. The van der Waals surface area contributed by atoms with Gasteiger partial charge in [-0.2, -0.15) is 0 Å². The van der Waals surface area contributed by atoms with Crippen LogP contribution in [0.5, 0.6) is 11.5 Å². The van der Waals surface area contributed by atoms with Crippen LogP contribution < -0.4 is 10.6 Å². The van der Waals surface area contributed by atoms with E-state index in [1.54, 1.807) is 6.92 Å². The van der Waals surface area contributed by atoms with Crippen molar-refractivity contribution in [1.29, 1.82) is 0 Å². The van der Waals surface area contributed by atoms with Gasteiger partial charge in [0, 0.05) is 24.7 Å². The van der Waals surface area contributed by atoms with Gasteiger partial charge in [-0.05, 0) is 19.1 Å². The molecule has 0 radical (unpaired) electrons. The highest BCUT2D eigenvalue weighted by Gasteiger charge is 2.08. The van der Waals surface area contributed by atoms with Crippen molar-refractivity contribution in [3.05, 3.63) is 23.8 Å². The molecule has 1 aromatic carbocycles. The van der Waals surface area contributed by atoms with E-state index in [4.69, 9.17) is 0 Å². The van der Waals surface area contributed by atoms with Gasteiger partial charge in [0.05, 0.1) is 6.61 Å². The van der Waals surface area contributed by atoms with Crippen LogP contribution >= 0.6 is 0 Å². The van der Waals surface area contributed by atoms with Crippen molar-refractivity contribution in [1.82, 2.24) is 10.6 Å². The van der Waals surface area contributed by atoms with E-state index in [-0.39, 0.29) is 36.8 Å². The summed E-state index contributed by atoms with van der Waals surface area (Å²) in [4.78, 5) is 22.6. The fourth-order valence-corrected chi connectivity index (χ4v) is 1.35. The maximum absolute atomic E-state index is 11.6. The van der Waals surface area contributed by atoms with Crippen molar-refractivity contribution in [2.24, 2.45) is 0 Å². The lowest BCUT2D eigenvalue weighted by Crippen LogP contribution is -2.34. The molecule has 0 aliphatic carbocycles. The van der Waals surface area contributed by atoms with Crippen LogP contribution in [-0.2, 0) is 4.74 Å². The van der Waals surface area contributed by atoms with Gasteiger partial charge in [-0.3, -0.25) is 4.79 Å². The zero-order valence-electron chi connectivity index (χ0n) is 10.5. The van der Waals surface area contributed by atoms with Crippen molar-refractivity contribution >= 4 is 12.0 Å². The minimum Gasteiger partial charge on any atom is -0.508 e. The van der Waals surface area contributed by atoms with Gasteiger partial charge in [-0.25, -0.2) is 4.79 Å². The molecule has 4 N–H and O–H groups in total. The van der Waals surface area contributed by atoms with Crippen molar-refractivity contribution < 1.29 is 24.5 Å². The molecule has 7 nitrogen and oxygen atoms in total. The number of hydrogen-bond donors (Lipinski definition) is 4. The number of phenolic OH excluding ortho intramolecular Hbond substituents is 2. The van der Waals surface area contributed by atoms with Crippen molar-refractivity contribution in [2.45, 2.75) is 6.92 Å². The first kappa shape index (κ1) is 14.6. The molecule has 2 amide bonds. The quantitative estimate of drug-likeness (QED) is 0.584. The first-order valence-electron chi connectivity index (χ1n) is 5.74. The van der Waals surface area contributed by atoms with Crippen LogP contribution in [0, 0.1) is 0 Å². The van der Waals surface area contributed by atoms with E-state index in [2.05, 4.69) is 15.4 Å². The second-order valence-electron chi connectivity index (χ2n) is 3.64. The number of carbonyl (C=O) groups is 2. The number of amides is 2. The molecule has 0 saturated heterocycles. The van der Waals surface area contributed by atoms with Crippen molar-refractivity contribution in [3.63, 3.8) is 0 Å². The number of phenols is 2. The number of benzene rings is 1. The van der Waals surface area contributed by atoms with Crippen LogP contribution in [0.2, 0.25) is 0 Å². The monoisotopic (exact) mass is 268 g/mol. The van der Waals surface area contributed by atoms with E-state index in [0.29, 0.717) is 0 Å². The Balaban J connectivity index is 2.37. The lowest BCUT2D eigenvalue weighted by molar-refractivity contribution is 0.0951. The molecule has 1 rings (SSSR count). The Labute approximate surface area is 110 Å². The summed E-state index contributed by atoms with van der Waals surface area (Å²) in [6.07, 6.45) is -0.549. The molecule has 0 spiro atoms. The summed E-state index contributed by atoms with van der Waals surface area (Å²) < 4.78 is 4.64. The van der Waals surface area contributed by atoms with Gasteiger partial charge in [-0.15, -0.1) is 0 Å². The Bertz CT molecular complexity index is 441. The molecule has 0 aromatic heterocycles. The average Bonchev–Trinajstić information content (AvgIpc) is 2.33. The van der Waals surface area contributed by atoms with Gasteiger partial charge in [0.25, 0.3) is 5.91 Å². The molecule has 0 atom stereocenters. The second-order valence-corrected chi connectivity index (χ2v) is 3.64. The van der Waals surface area contributed by atoms with Crippen LogP contribution in [0.25, 0.3) is 0 Å². The van der Waals surface area contributed by atoms with E-state index in [0.717, 1.165) is 6.07 Å². The predicted molar refractivity (Wildman–Crippen MR) is 67.1 cm³/mol. The molecule has 0 aliphatic heterocycles. The molecular weight excluding hydrogens is 252 g/mol. The minimum atomic E-state index is -0.549. The molecule has 1 aromatic rings. The first-order valence-corrected chi connectivity index (χ1v) is 5.74. The van der Waals surface area contributed by atoms with Gasteiger partial charge >= 0.3 is 6.09 Å². The summed E-state index contributed by atoms with van der Waals surface area (Å²) in [5.41, 5.74) is 0.133. The standard InChI is InChI=1S/C12H16N2O5/c1-2-19-12(18)14-4-3-13-11(17)8-5-9(15)7-10(16)6-8/h5-7,15-16H,2-4H2,1H3,(H,13,17)(H,14,18). The van der Waals surface area contributed by atoms with Gasteiger partial charge in [0.2, 0.25) is 0 Å². The molecule has 0 aliphatic rings. The Kier molecular flexibility index (Phi) is 5.46. The molecule has 0 bridgehead atoms. The topological polar surface area (TPSA) is 108 Å². The lowest BCUT2D eigenvalue weighted by Gasteiger charge is -2.07. The third-order valence-corrected chi connectivity index (χ3v) is 2.12. The number of rotatable bonds is 5. The molecule has 0 heterocycles. The molecule has 0 fully saturated rings. The van der Waals surface area contributed by atoms with Crippen LogP contribution in [-0.4, -0.2) is 41.9 Å². The van der Waals surface area contributed by atoms with Gasteiger partial charge in [0.15, 0.2) is 0 Å². The second kappa shape index (κ2) is 7.10. The third kappa shape index (κ3) is 5.15. The van der Waals surface area contributed by atoms with Crippen LogP contribution in [0.15, 0.2) is 18.2 Å². The Hall–Kier alpha value is -2.44. The third-order valence-electron chi connectivity index (χ3n) is 2.12. The summed E-state index contributed by atoms with van der Waals surface area (Å²) in [6.45, 7) is 2.39. The zero-order chi connectivity index (χ0) is 14.3. The minimum absolute atomic E-state index is 0.133. The summed E-state index contributed by atoms with van der Waals surface area (Å²) in [6, 6.07) is 3.58. The highest BCUT2D eigenvalue weighted by atomic mass is 16.5. The lowest BCUT2D eigenvalue weighted by atomic mass is 10.2. The molecule has 7 heteroatoms. The number of carbonyl (C=O) groups excluding carboxylic acids is 2. The predicted octanol–water partition coefficient (Wildman–Crippen LogP) is 0.574. The smallest absolute Gasteiger partial charge is 0.407 e. The fraction of sp³-hybridized carbons (Fsp3) is 0.333. The average molecular weight is 268 g/mol. The number of hydrogen-bond acceptors (Lipinski definition) is 5. The van der Waals surface area contributed by atoms with Crippen LogP contribution in [0.1, 0.15) is 17.3 Å². The zero-order valence-corrected chi connectivity index (χ0v) is 10.5. The van der Waals surface area contributed by atoms with E-state index in [1.165, 1.54) is 12.1 Å². The fourth-order valence-electron chi connectivity index (χ4n) is 1.35. The van der Waals surface area contributed by atoms with Crippen molar-refractivity contribution in [2.75, 3.05) is 19.7 Å². The van der Waals surface area contributed by atoms with E-state index >= 15 is 0 Å². The molecule has 0 saturated carbocycles. The highest BCUT2D eigenvalue weighted by molar-refractivity contribution is 5.95. The largest absolute Gasteiger partial charge is 0.508 e. The van der Waals surface area contributed by atoms with E-state index in [9.17, 15) is 19.8 Å². The Morgan fingerprint density at radius 1 is 1.11 bits per heavy atom. The molecular formula is C12H16N2O5. The number of nitrogens with one attached hydrogen (secondary N) is 2. The van der Waals surface area contributed by atoms with Crippen LogP contribution in [0.4, 0.5) is 4.79 Å². The Morgan fingerprint density at radius 3 is 2.26 bits per heavy atom. The number of alkyl carbamates (subject to hydrolysis) is 1. The molecule has 104 valence electrons. The van der Waals surface area contributed by atoms with Gasteiger partial charge in [-0.1, -0.05) is 0 Å². The summed E-state index contributed by atoms with van der Waals surface area (Å²) >= 11 is 0. The van der Waals surface area contributed by atoms with Gasteiger partial charge in [0.1, 0.15) is 11.5 Å². The SMILES string of the molecule is CCOC(=O)NCCNC(=O)c1cc(O)cc(O)c1. The van der Waals surface area contributed by atoms with Crippen LogP contribution in [0.3, 0.4) is 0 Å². The normalized spacial score (nSPS) is 9.74. The maximum atomic E-state index is 11.6. The highest BCUT2D eigenvalue weighted by Crippen LogP contribution is 2.19. The molecule has 19 heavy (non-hydrogen) atoms. The number of ether oxygens (including phenoxy) is 1. The maximum Gasteiger partial charge on any atom is 0.407 e. The first-order chi connectivity index (χ1) is 9.02. The van der Waals surface area contributed by atoms with Gasteiger partial charge < -0.3 is 25.6 Å².